The number of methoxy groups -OCH3 is 1. The van der Waals surface area contributed by atoms with Gasteiger partial charge in [0.15, 0.2) is 0 Å². The Morgan fingerprint density at radius 2 is 2.09 bits per heavy atom. The number of hydrogen-bond acceptors (Lipinski definition) is 6. The fourth-order valence-electron chi connectivity index (χ4n) is 2.44. The highest BCUT2D eigenvalue weighted by atomic mass is 32.2. The number of rotatable bonds is 4. The second kappa shape index (κ2) is 6.35. The van der Waals surface area contributed by atoms with Crippen molar-refractivity contribution in [2.45, 2.75) is 23.8 Å². The number of amides is 1. The highest BCUT2D eigenvalue weighted by Gasteiger charge is 2.41. The van der Waals surface area contributed by atoms with Gasteiger partial charge in [0.1, 0.15) is 15.8 Å². The Labute approximate surface area is 133 Å². The minimum absolute atomic E-state index is 0.0328. The largest absolute Gasteiger partial charge is 0.465 e. The number of nitrogens with zero attached hydrogens (tertiary/aromatic N) is 2. The van der Waals surface area contributed by atoms with Gasteiger partial charge in [-0.3, -0.25) is 4.79 Å². The van der Waals surface area contributed by atoms with E-state index in [0.29, 0.717) is 12.8 Å². The molecule has 0 N–H and O–H groups in total. The topological polar surface area (TPSA) is 84.0 Å². The van der Waals surface area contributed by atoms with Crippen molar-refractivity contribution in [2.24, 2.45) is 0 Å². The predicted molar refractivity (Wildman–Crippen MR) is 81.3 cm³/mol. The normalized spacial score (nSPS) is 19.1. The quantitative estimate of drug-likeness (QED) is 0.752. The molecule has 122 valence electrons. The molecule has 1 saturated heterocycles. The van der Waals surface area contributed by atoms with Gasteiger partial charge in [0.2, 0.25) is 15.9 Å². The summed E-state index contributed by atoms with van der Waals surface area (Å²) < 4.78 is 31.5. The SMILES string of the molecule is COC(=O)c1sccc1S(=O)(=O)N1CCCC1C(=O)N(C)C. The number of esters is 1. The van der Waals surface area contributed by atoms with Gasteiger partial charge >= 0.3 is 5.97 Å². The van der Waals surface area contributed by atoms with Crippen LogP contribution < -0.4 is 0 Å². The Balaban J connectivity index is 2.40. The molecule has 1 aromatic rings. The van der Waals surface area contributed by atoms with E-state index in [0.717, 1.165) is 11.3 Å². The van der Waals surface area contributed by atoms with Crippen molar-refractivity contribution in [1.82, 2.24) is 9.21 Å². The average molecular weight is 346 g/mol. The van der Waals surface area contributed by atoms with Crippen LogP contribution in [0, 0.1) is 0 Å². The molecule has 0 spiro atoms. The molecule has 2 rings (SSSR count). The third-order valence-electron chi connectivity index (χ3n) is 3.52. The van der Waals surface area contributed by atoms with Gasteiger partial charge in [-0.1, -0.05) is 0 Å². The first-order chi connectivity index (χ1) is 10.3. The number of sulfonamides is 1. The van der Waals surface area contributed by atoms with Crippen LogP contribution in [0.25, 0.3) is 0 Å². The van der Waals surface area contributed by atoms with Crippen LogP contribution in [0.15, 0.2) is 16.3 Å². The predicted octanol–water partition coefficient (Wildman–Crippen LogP) is 0.776. The van der Waals surface area contributed by atoms with Crippen molar-refractivity contribution < 1.29 is 22.7 Å². The molecule has 0 radical (unpaired) electrons. The second-order valence-electron chi connectivity index (χ2n) is 5.11. The molecule has 22 heavy (non-hydrogen) atoms. The van der Waals surface area contributed by atoms with Crippen LogP contribution in [0.1, 0.15) is 22.5 Å². The van der Waals surface area contributed by atoms with E-state index in [1.165, 1.54) is 27.8 Å². The van der Waals surface area contributed by atoms with Crippen LogP contribution in [0.4, 0.5) is 0 Å². The molecule has 1 aromatic heterocycles. The smallest absolute Gasteiger partial charge is 0.349 e. The van der Waals surface area contributed by atoms with E-state index in [2.05, 4.69) is 4.74 Å². The molecule has 0 bridgehead atoms. The maximum atomic E-state index is 12.8. The van der Waals surface area contributed by atoms with Crippen LogP contribution in [0.5, 0.6) is 0 Å². The van der Waals surface area contributed by atoms with Crippen LogP contribution in [0.3, 0.4) is 0 Å². The van der Waals surface area contributed by atoms with Gasteiger partial charge in [0.25, 0.3) is 0 Å². The molecule has 1 aliphatic heterocycles. The number of hydrogen-bond donors (Lipinski definition) is 0. The average Bonchev–Trinajstić information content (AvgIpc) is 3.14. The third-order valence-corrected chi connectivity index (χ3v) is 6.49. The molecule has 0 aromatic carbocycles. The van der Waals surface area contributed by atoms with Crippen LogP contribution in [-0.4, -0.2) is 63.3 Å². The summed E-state index contributed by atoms with van der Waals surface area (Å²) in [6, 6.07) is 0.660. The van der Waals surface area contributed by atoms with Crippen molar-refractivity contribution in [1.29, 1.82) is 0 Å². The van der Waals surface area contributed by atoms with Crippen molar-refractivity contribution >= 4 is 33.2 Å². The summed E-state index contributed by atoms with van der Waals surface area (Å²) in [5.74, 6) is -0.945. The summed E-state index contributed by atoms with van der Waals surface area (Å²) in [7, 11) is 0.474. The molecule has 1 unspecified atom stereocenters. The zero-order valence-electron chi connectivity index (χ0n) is 12.6. The number of ether oxygens (including phenoxy) is 1. The van der Waals surface area contributed by atoms with Gasteiger partial charge in [-0.15, -0.1) is 11.3 Å². The molecular formula is C13H18N2O5S2. The monoisotopic (exact) mass is 346 g/mol. The molecule has 1 aliphatic rings. The summed E-state index contributed by atoms with van der Waals surface area (Å²) >= 11 is 1.01. The van der Waals surface area contributed by atoms with E-state index in [-0.39, 0.29) is 22.2 Å². The van der Waals surface area contributed by atoms with E-state index in [1.807, 2.05) is 0 Å². The summed E-state index contributed by atoms with van der Waals surface area (Å²) in [6.07, 6.45) is 1.09. The molecule has 9 heteroatoms. The minimum atomic E-state index is -3.91. The van der Waals surface area contributed by atoms with E-state index in [4.69, 9.17) is 0 Å². The molecule has 1 atom stereocenters. The highest BCUT2D eigenvalue weighted by molar-refractivity contribution is 7.89. The summed E-state index contributed by atoms with van der Waals surface area (Å²) in [5.41, 5.74) is 0. The maximum Gasteiger partial charge on any atom is 0.349 e. The number of carbonyl (C=O) groups is 2. The first-order valence-electron chi connectivity index (χ1n) is 6.69. The van der Waals surface area contributed by atoms with E-state index in [1.54, 1.807) is 14.1 Å². The minimum Gasteiger partial charge on any atom is -0.465 e. The summed E-state index contributed by atoms with van der Waals surface area (Å²) in [4.78, 5) is 25.2. The molecule has 0 aliphatic carbocycles. The summed E-state index contributed by atoms with van der Waals surface area (Å²) in [5, 5.41) is 1.53. The standard InChI is InChI=1S/C13H18N2O5S2/c1-14(2)12(16)9-5-4-7-15(9)22(18,19)10-6-8-21-11(10)13(17)20-3/h6,8-9H,4-5,7H2,1-3H3. The fraction of sp³-hybridized carbons (Fsp3) is 0.538. The van der Waals surface area contributed by atoms with E-state index in [9.17, 15) is 18.0 Å². The second-order valence-corrected chi connectivity index (χ2v) is 7.89. The zero-order valence-corrected chi connectivity index (χ0v) is 14.2. The Bertz CT molecular complexity index is 680. The van der Waals surface area contributed by atoms with Crippen LogP contribution >= 0.6 is 11.3 Å². The van der Waals surface area contributed by atoms with Crippen molar-refractivity contribution in [3.63, 3.8) is 0 Å². The molecule has 7 nitrogen and oxygen atoms in total. The Kier molecular flexibility index (Phi) is 4.88. The van der Waals surface area contributed by atoms with Gasteiger partial charge in [0, 0.05) is 20.6 Å². The van der Waals surface area contributed by atoms with Gasteiger partial charge in [-0.25, -0.2) is 13.2 Å². The lowest BCUT2D eigenvalue weighted by molar-refractivity contribution is -0.132. The highest BCUT2D eigenvalue weighted by Crippen LogP contribution is 2.31. The van der Waals surface area contributed by atoms with Crippen LogP contribution in [0.2, 0.25) is 0 Å². The number of likely N-dealkylation sites (N-methyl/N-ethyl adjacent to an activating group) is 1. The number of thiophene rings is 1. The third kappa shape index (κ3) is 2.88. The van der Waals surface area contributed by atoms with Crippen molar-refractivity contribution in [2.75, 3.05) is 27.7 Å². The Morgan fingerprint density at radius 1 is 1.41 bits per heavy atom. The molecule has 1 fully saturated rings. The fourth-order valence-corrected chi connectivity index (χ4v) is 5.40. The van der Waals surface area contributed by atoms with E-state index < -0.39 is 22.0 Å². The molecule has 0 saturated carbocycles. The van der Waals surface area contributed by atoms with Crippen molar-refractivity contribution in [3.05, 3.63) is 16.3 Å². The molecule has 1 amide bonds. The summed E-state index contributed by atoms with van der Waals surface area (Å²) in [6.45, 7) is 0.267. The lowest BCUT2D eigenvalue weighted by Gasteiger charge is -2.25. The van der Waals surface area contributed by atoms with E-state index >= 15 is 0 Å². The zero-order chi connectivity index (χ0) is 16.5. The first kappa shape index (κ1) is 16.9. The van der Waals surface area contributed by atoms with Gasteiger partial charge in [-0.05, 0) is 24.3 Å². The Hall–Kier alpha value is -1.45. The van der Waals surface area contributed by atoms with Crippen LogP contribution in [-0.2, 0) is 19.6 Å². The van der Waals surface area contributed by atoms with Gasteiger partial charge < -0.3 is 9.64 Å². The van der Waals surface area contributed by atoms with Gasteiger partial charge in [-0.2, -0.15) is 4.31 Å². The first-order valence-corrected chi connectivity index (χ1v) is 9.01. The van der Waals surface area contributed by atoms with Crippen molar-refractivity contribution in [3.8, 4) is 0 Å². The maximum absolute atomic E-state index is 12.8. The van der Waals surface area contributed by atoms with Gasteiger partial charge in [0.05, 0.1) is 7.11 Å². The lowest BCUT2D eigenvalue weighted by Crippen LogP contribution is -2.45. The Morgan fingerprint density at radius 3 is 2.68 bits per heavy atom. The number of carbonyl (C=O) groups excluding carboxylic acids is 2. The molecule has 2 heterocycles. The molecular weight excluding hydrogens is 328 g/mol. The lowest BCUT2D eigenvalue weighted by atomic mass is 10.2.